The van der Waals surface area contributed by atoms with E-state index in [4.69, 9.17) is 4.43 Å². The van der Waals surface area contributed by atoms with Crippen LogP contribution in [0.3, 0.4) is 0 Å². The molecule has 0 N–H and O–H groups in total. The van der Waals surface area contributed by atoms with Crippen molar-refractivity contribution in [3.63, 3.8) is 0 Å². The molecule has 2 aromatic rings. The Morgan fingerprint density at radius 3 is 1.73 bits per heavy atom. The highest BCUT2D eigenvalue weighted by Crippen LogP contribution is 2.38. The van der Waals surface area contributed by atoms with Gasteiger partial charge in [-0.3, -0.25) is 4.79 Å². The van der Waals surface area contributed by atoms with Crippen molar-refractivity contribution in [3.8, 4) is 0 Å². The predicted molar refractivity (Wildman–Crippen MR) is 110 cm³/mol. The molecule has 1 saturated carbocycles. The fourth-order valence-electron chi connectivity index (χ4n) is 4.22. The van der Waals surface area contributed by atoms with Gasteiger partial charge in [0.25, 0.3) is 5.97 Å². The summed E-state index contributed by atoms with van der Waals surface area (Å²) in [7, 11) is -2.75. The molecule has 3 rings (SSSR count). The molecular formula is C23H30O2Si. The zero-order chi connectivity index (χ0) is 18.6. The number of carbonyl (C=O) groups is 1. The molecule has 2 nitrogen and oxygen atoms in total. The second kappa shape index (κ2) is 7.79. The zero-order valence-corrected chi connectivity index (χ0v) is 17.2. The largest absolute Gasteiger partial charge is 0.509 e. The minimum absolute atomic E-state index is 0.0130. The van der Waals surface area contributed by atoms with Gasteiger partial charge in [-0.15, -0.1) is 0 Å². The lowest BCUT2D eigenvalue weighted by molar-refractivity contribution is -0.140. The van der Waals surface area contributed by atoms with Crippen molar-refractivity contribution < 1.29 is 9.22 Å². The molecule has 0 amide bonds. The van der Waals surface area contributed by atoms with Crippen LogP contribution in [0.2, 0.25) is 5.04 Å². The van der Waals surface area contributed by atoms with Crippen LogP contribution in [0.25, 0.3) is 0 Å². The fourth-order valence-corrected chi connectivity index (χ4v) is 8.62. The molecule has 138 valence electrons. The Kier molecular flexibility index (Phi) is 5.66. The first-order valence-corrected chi connectivity index (χ1v) is 11.7. The highest BCUT2D eigenvalue weighted by Gasteiger charge is 2.53. The first-order chi connectivity index (χ1) is 12.4. The molecule has 0 spiro atoms. The van der Waals surface area contributed by atoms with Crippen molar-refractivity contribution in [2.24, 2.45) is 5.92 Å². The predicted octanol–water partition coefficient (Wildman–Crippen LogP) is 4.67. The quantitative estimate of drug-likeness (QED) is 0.735. The van der Waals surface area contributed by atoms with Crippen molar-refractivity contribution in [1.29, 1.82) is 0 Å². The lowest BCUT2D eigenvalue weighted by Crippen LogP contribution is -2.67. The summed E-state index contributed by atoms with van der Waals surface area (Å²) in [6.07, 6.45) is 5.46. The second-order valence-corrected chi connectivity index (χ2v) is 12.6. The molecule has 0 bridgehead atoms. The van der Waals surface area contributed by atoms with E-state index in [-0.39, 0.29) is 16.9 Å². The third-order valence-electron chi connectivity index (χ3n) is 5.61. The first kappa shape index (κ1) is 18.9. The summed E-state index contributed by atoms with van der Waals surface area (Å²) in [5.74, 6) is 0.0735. The normalized spacial score (nSPS) is 16.3. The average Bonchev–Trinajstić information content (AvgIpc) is 2.67. The van der Waals surface area contributed by atoms with Crippen LogP contribution in [0, 0.1) is 5.92 Å². The standard InChI is InChI=1S/C23H30O2Si/c1-23(2,3)26(20-15-9-5-10-16-20,21-17-11-6-12-18-21)25-22(24)19-13-7-4-8-14-19/h5-6,9-12,15-19H,4,7-8,13-14H2,1-3H3. The molecule has 0 unspecified atom stereocenters. The van der Waals surface area contributed by atoms with Gasteiger partial charge in [-0.1, -0.05) is 101 Å². The molecule has 0 heterocycles. The summed E-state index contributed by atoms with van der Waals surface area (Å²) in [4.78, 5) is 13.2. The summed E-state index contributed by atoms with van der Waals surface area (Å²) < 4.78 is 6.61. The van der Waals surface area contributed by atoms with E-state index in [2.05, 4.69) is 69.3 Å². The van der Waals surface area contributed by atoms with Crippen LogP contribution < -0.4 is 10.4 Å². The van der Waals surface area contributed by atoms with Crippen LogP contribution in [0.5, 0.6) is 0 Å². The van der Waals surface area contributed by atoms with Crippen molar-refractivity contribution in [1.82, 2.24) is 0 Å². The number of benzene rings is 2. The SMILES string of the molecule is CC(C)(C)[Si](OC(=O)C1CCCCC1)(c1ccccc1)c1ccccc1. The van der Waals surface area contributed by atoms with Gasteiger partial charge in [0.1, 0.15) is 0 Å². The topological polar surface area (TPSA) is 26.3 Å². The summed E-state index contributed by atoms with van der Waals surface area (Å²) in [5.41, 5.74) is 0. The number of carbonyl (C=O) groups excluding carboxylic acids is 1. The van der Waals surface area contributed by atoms with E-state index in [1.54, 1.807) is 0 Å². The molecule has 1 aliphatic rings. The molecule has 0 saturated heterocycles. The van der Waals surface area contributed by atoms with E-state index in [0.717, 1.165) is 25.7 Å². The number of rotatable bonds is 4. The zero-order valence-electron chi connectivity index (χ0n) is 16.2. The number of hydrogen-bond acceptors (Lipinski definition) is 2. The fraction of sp³-hybridized carbons (Fsp3) is 0.435. The van der Waals surface area contributed by atoms with Crippen LogP contribution in [0.1, 0.15) is 52.9 Å². The maximum Gasteiger partial charge on any atom is 0.323 e. The van der Waals surface area contributed by atoms with Gasteiger partial charge in [0.05, 0.1) is 5.92 Å². The van der Waals surface area contributed by atoms with Gasteiger partial charge in [-0.05, 0) is 28.3 Å². The molecule has 0 aliphatic heterocycles. The molecule has 26 heavy (non-hydrogen) atoms. The summed E-state index contributed by atoms with van der Waals surface area (Å²) in [6.45, 7) is 6.65. The van der Waals surface area contributed by atoms with Crippen LogP contribution >= 0.6 is 0 Å². The lowest BCUT2D eigenvalue weighted by Gasteiger charge is -2.43. The molecule has 2 aromatic carbocycles. The van der Waals surface area contributed by atoms with E-state index in [9.17, 15) is 4.79 Å². The third kappa shape index (κ3) is 3.63. The third-order valence-corrected chi connectivity index (χ3v) is 10.5. The Balaban J connectivity index is 2.09. The van der Waals surface area contributed by atoms with Crippen LogP contribution in [0.15, 0.2) is 60.7 Å². The molecule has 3 heteroatoms. The van der Waals surface area contributed by atoms with Crippen LogP contribution in [0.4, 0.5) is 0 Å². The second-order valence-electron chi connectivity index (χ2n) is 8.42. The van der Waals surface area contributed by atoms with Crippen LogP contribution in [-0.2, 0) is 9.22 Å². The van der Waals surface area contributed by atoms with Gasteiger partial charge in [0.15, 0.2) is 0 Å². The average molecular weight is 367 g/mol. The van der Waals surface area contributed by atoms with Crippen molar-refractivity contribution in [2.75, 3.05) is 0 Å². The Bertz CT molecular complexity index is 673. The van der Waals surface area contributed by atoms with Crippen molar-refractivity contribution >= 4 is 24.7 Å². The summed E-state index contributed by atoms with van der Waals surface area (Å²) >= 11 is 0. The maximum absolute atomic E-state index is 13.2. The lowest BCUT2D eigenvalue weighted by atomic mass is 9.90. The van der Waals surface area contributed by atoms with Gasteiger partial charge in [-0.25, -0.2) is 0 Å². The maximum atomic E-state index is 13.2. The van der Waals surface area contributed by atoms with Gasteiger partial charge in [0.2, 0.25) is 0 Å². The summed E-state index contributed by atoms with van der Waals surface area (Å²) in [5, 5.41) is 2.19. The Morgan fingerprint density at radius 1 is 0.846 bits per heavy atom. The highest BCUT2D eigenvalue weighted by atomic mass is 28.4. The highest BCUT2D eigenvalue weighted by molar-refractivity contribution is 7.00. The summed E-state index contributed by atoms with van der Waals surface area (Å²) in [6, 6.07) is 20.8. The first-order valence-electron chi connectivity index (χ1n) is 9.79. The van der Waals surface area contributed by atoms with E-state index >= 15 is 0 Å². The Labute approximate surface area is 158 Å². The smallest absolute Gasteiger partial charge is 0.323 e. The minimum atomic E-state index is -2.75. The molecule has 0 atom stereocenters. The van der Waals surface area contributed by atoms with Crippen molar-refractivity contribution in [2.45, 2.75) is 57.9 Å². The van der Waals surface area contributed by atoms with Gasteiger partial charge < -0.3 is 4.43 Å². The molecular weight excluding hydrogens is 336 g/mol. The molecule has 1 aliphatic carbocycles. The molecule has 1 fully saturated rings. The monoisotopic (exact) mass is 366 g/mol. The van der Waals surface area contributed by atoms with Crippen LogP contribution in [-0.4, -0.2) is 14.3 Å². The number of hydrogen-bond donors (Lipinski definition) is 0. The van der Waals surface area contributed by atoms with Crippen molar-refractivity contribution in [3.05, 3.63) is 60.7 Å². The van der Waals surface area contributed by atoms with E-state index in [1.807, 2.05) is 12.1 Å². The molecule has 0 aromatic heterocycles. The van der Waals surface area contributed by atoms with E-state index in [0.29, 0.717) is 0 Å². The van der Waals surface area contributed by atoms with Gasteiger partial charge in [0, 0.05) is 0 Å². The van der Waals surface area contributed by atoms with E-state index in [1.165, 1.54) is 16.8 Å². The Morgan fingerprint density at radius 2 is 1.31 bits per heavy atom. The van der Waals surface area contributed by atoms with E-state index < -0.39 is 8.32 Å². The molecule has 0 radical (unpaired) electrons. The van der Waals surface area contributed by atoms with Gasteiger partial charge >= 0.3 is 8.32 Å². The van der Waals surface area contributed by atoms with Gasteiger partial charge in [-0.2, -0.15) is 0 Å². The minimum Gasteiger partial charge on any atom is -0.509 e. The Hall–Kier alpha value is -1.87.